The lowest BCUT2D eigenvalue weighted by atomic mass is 10.1. The SMILES string of the molecule is CCN(CC)S(=O)(=O)N1CCO[C@@H](c2nccnc2-c2cccc(F)c2)C1. The Bertz CT molecular complexity index is 890. The van der Waals surface area contributed by atoms with Crippen molar-refractivity contribution in [2.24, 2.45) is 0 Å². The van der Waals surface area contributed by atoms with Crippen molar-refractivity contribution < 1.29 is 17.5 Å². The summed E-state index contributed by atoms with van der Waals surface area (Å²) in [5.41, 5.74) is 1.57. The molecule has 146 valence electrons. The zero-order chi connectivity index (χ0) is 19.4. The topological polar surface area (TPSA) is 75.6 Å². The number of morpholine rings is 1. The first-order valence-corrected chi connectivity index (χ1v) is 10.3. The summed E-state index contributed by atoms with van der Waals surface area (Å²) < 4.78 is 47.9. The molecule has 1 aliphatic heterocycles. The molecule has 27 heavy (non-hydrogen) atoms. The fourth-order valence-corrected chi connectivity index (χ4v) is 4.76. The number of hydrogen-bond donors (Lipinski definition) is 0. The van der Waals surface area contributed by atoms with Crippen molar-refractivity contribution in [3.63, 3.8) is 0 Å². The van der Waals surface area contributed by atoms with E-state index in [1.165, 1.54) is 33.1 Å². The molecule has 0 radical (unpaired) electrons. The van der Waals surface area contributed by atoms with Crippen LogP contribution in [0.1, 0.15) is 25.6 Å². The Hall–Kier alpha value is -1.94. The highest BCUT2D eigenvalue weighted by atomic mass is 32.2. The van der Waals surface area contributed by atoms with Crippen LogP contribution in [0.2, 0.25) is 0 Å². The molecule has 0 spiro atoms. The summed E-state index contributed by atoms with van der Waals surface area (Å²) >= 11 is 0. The summed E-state index contributed by atoms with van der Waals surface area (Å²) in [4.78, 5) is 8.70. The van der Waals surface area contributed by atoms with E-state index < -0.39 is 16.3 Å². The molecular weight excluding hydrogens is 371 g/mol. The third-order valence-corrected chi connectivity index (χ3v) is 6.67. The Labute approximate surface area is 159 Å². The minimum absolute atomic E-state index is 0.139. The fourth-order valence-electron chi connectivity index (χ4n) is 3.16. The van der Waals surface area contributed by atoms with E-state index in [-0.39, 0.29) is 25.5 Å². The van der Waals surface area contributed by atoms with Crippen molar-refractivity contribution in [2.45, 2.75) is 20.0 Å². The summed E-state index contributed by atoms with van der Waals surface area (Å²) in [7, 11) is -3.57. The molecule has 0 aliphatic carbocycles. The Kier molecular flexibility index (Phi) is 6.15. The van der Waals surface area contributed by atoms with Gasteiger partial charge in [-0.25, -0.2) is 4.39 Å². The Morgan fingerprint density at radius 3 is 2.70 bits per heavy atom. The van der Waals surface area contributed by atoms with Gasteiger partial charge in [-0.3, -0.25) is 9.97 Å². The highest BCUT2D eigenvalue weighted by Crippen LogP contribution is 2.30. The molecule has 0 bridgehead atoms. The molecular formula is C18H23FN4O3S. The molecule has 0 saturated carbocycles. The predicted molar refractivity (Wildman–Crippen MR) is 99.5 cm³/mol. The van der Waals surface area contributed by atoms with Gasteiger partial charge in [0.05, 0.1) is 18.0 Å². The van der Waals surface area contributed by atoms with Crippen molar-refractivity contribution in [3.05, 3.63) is 48.2 Å². The van der Waals surface area contributed by atoms with Crippen molar-refractivity contribution in [1.29, 1.82) is 0 Å². The van der Waals surface area contributed by atoms with E-state index in [0.29, 0.717) is 30.0 Å². The Morgan fingerprint density at radius 1 is 1.26 bits per heavy atom. The molecule has 7 nitrogen and oxygen atoms in total. The predicted octanol–water partition coefficient (Wildman–Crippen LogP) is 2.24. The molecule has 2 heterocycles. The lowest BCUT2D eigenvalue weighted by molar-refractivity contribution is -0.00642. The van der Waals surface area contributed by atoms with Crippen LogP contribution in [0.3, 0.4) is 0 Å². The maximum atomic E-state index is 13.6. The summed E-state index contributed by atoms with van der Waals surface area (Å²) in [5, 5.41) is 0. The van der Waals surface area contributed by atoms with Crippen molar-refractivity contribution in [2.75, 3.05) is 32.8 Å². The number of aromatic nitrogens is 2. The average Bonchev–Trinajstić information content (AvgIpc) is 2.69. The second-order valence-corrected chi connectivity index (χ2v) is 8.04. The summed E-state index contributed by atoms with van der Waals surface area (Å²) in [6, 6.07) is 6.07. The first kappa shape index (κ1) is 19.8. The standard InChI is InChI=1S/C18H23FN4O3S/c1-3-22(4-2)27(24,25)23-10-11-26-16(13-23)18-17(20-8-9-21-18)14-6-5-7-15(19)12-14/h5-9,12,16H,3-4,10-11,13H2,1-2H3/t16-/m1/s1. The van der Waals surface area contributed by atoms with Crippen molar-refractivity contribution in [3.8, 4) is 11.3 Å². The minimum atomic E-state index is -3.57. The molecule has 9 heteroatoms. The minimum Gasteiger partial charge on any atom is -0.369 e. The number of benzene rings is 1. The zero-order valence-electron chi connectivity index (χ0n) is 15.4. The molecule has 1 fully saturated rings. The van der Waals surface area contributed by atoms with Crippen LogP contribution < -0.4 is 0 Å². The van der Waals surface area contributed by atoms with Crippen molar-refractivity contribution in [1.82, 2.24) is 18.6 Å². The van der Waals surface area contributed by atoms with Gasteiger partial charge in [-0.15, -0.1) is 0 Å². The van der Waals surface area contributed by atoms with Crippen molar-refractivity contribution >= 4 is 10.2 Å². The van der Waals surface area contributed by atoms with Gasteiger partial charge in [0.15, 0.2) is 0 Å². The third-order valence-electron chi connectivity index (χ3n) is 4.52. The summed E-state index contributed by atoms with van der Waals surface area (Å²) in [5.74, 6) is -0.376. The van der Waals surface area contributed by atoms with E-state index in [2.05, 4.69) is 9.97 Å². The number of rotatable bonds is 6. The van der Waals surface area contributed by atoms with E-state index in [1.807, 2.05) is 13.8 Å². The third kappa shape index (κ3) is 4.16. The molecule has 3 rings (SSSR count). The number of hydrogen-bond acceptors (Lipinski definition) is 5. The van der Waals surface area contributed by atoms with E-state index in [0.717, 1.165) is 0 Å². The van der Waals surface area contributed by atoms with Gasteiger partial charge >= 0.3 is 0 Å². The van der Waals surface area contributed by atoms with Crippen LogP contribution in [0.4, 0.5) is 4.39 Å². The monoisotopic (exact) mass is 394 g/mol. The smallest absolute Gasteiger partial charge is 0.282 e. The normalized spacial score (nSPS) is 18.7. The summed E-state index contributed by atoms with van der Waals surface area (Å²) in [6.45, 7) is 5.10. The fraction of sp³-hybridized carbons (Fsp3) is 0.444. The van der Waals surface area contributed by atoms with Crippen LogP contribution in [0.15, 0.2) is 36.7 Å². The molecule has 0 amide bonds. The van der Waals surface area contributed by atoms with Gasteiger partial charge in [0, 0.05) is 44.1 Å². The maximum Gasteiger partial charge on any atom is 0.282 e. The van der Waals surface area contributed by atoms with Gasteiger partial charge in [-0.1, -0.05) is 26.0 Å². The van der Waals surface area contributed by atoms with E-state index >= 15 is 0 Å². The van der Waals surface area contributed by atoms with Crippen LogP contribution in [-0.4, -0.2) is 59.8 Å². The quantitative estimate of drug-likeness (QED) is 0.751. The zero-order valence-corrected chi connectivity index (χ0v) is 16.2. The van der Waals surface area contributed by atoms with Crippen LogP contribution in [0, 0.1) is 5.82 Å². The maximum absolute atomic E-state index is 13.6. The van der Waals surface area contributed by atoms with Crippen LogP contribution >= 0.6 is 0 Å². The Balaban J connectivity index is 1.92. The van der Waals surface area contributed by atoms with Crippen LogP contribution in [-0.2, 0) is 14.9 Å². The molecule has 1 atom stereocenters. The van der Waals surface area contributed by atoms with Gasteiger partial charge in [-0.05, 0) is 12.1 Å². The van der Waals surface area contributed by atoms with Gasteiger partial charge in [0.25, 0.3) is 10.2 Å². The number of nitrogens with zero attached hydrogens (tertiary/aromatic N) is 4. The Morgan fingerprint density at radius 2 is 2.00 bits per heavy atom. The summed E-state index contributed by atoms with van der Waals surface area (Å²) in [6.07, 6.45) is 2.48. The lowest BCUT2D eigenvalue weighted by Crippen LogP contribution is -2.49. The van der Waals surface area contributed by atoms with E-state index in [9.17, 15) is 12.8 Å². The van der Waals surface area contributed by atoms with Gasteiger partial charge < -0.3 is 4.74 Å². The molecule has 1 aliphatic rings. The first-order valence-electron chi connectivity index (χ1n) is 8.91. The molecule has 1 aromatic carbocycles. The molecule has 1 saturated heterocycles. The highest BCUT2D eigenvalue weighted by molar-refractivity contribution is 7.86. The second-order valence-electron chi connectivity index (χ2n) is 6.11. The van der Waals surface area contributed by atoms with E-state index in [1.54, 1.807) is 12.1 Å². The molecule has 1 aromatic heterocycles. The molecule has 0 unspecified atom stereocenters. The first-order chi connectivity index (χ1) is 13.0. The molecule has 2 aromatic rings. The van der Waals surface area contributed by atoms with Gasteiger partial charge in [0.2, 0.25) is 0 Å². The number of ether oxygens (including phenoxy) is 1. The lowest BCUT2D eigenvalue weighted by Gasteiger charge is -2.35. The number of halogens is 1. The second kappa shape index (κ2) is 8.39. The van der Waals surface area contributed by atoms with Crippen LogP contribution in [0.25, 0.3) is 11.3 Å². The van der Waals surface area contributed by atoms with Gasteiger partial charge in [0.1, 0.15) is 11.9 Å². The largest absolute Gasteiger partial charge is 0.369 e. The van der Waals surface area contributed by atoms with Crippen LogP contribution in [0.5, 0.6) is 0 Å². The average molecular weight is 394 g/mol. The molecule has 0 N–H and O–H groups in total. The highest BCUT2D eigenvalue weighted by Gasteiger charge is 2.35. The van der Waals surface area contributed by atoms with E-state index in [4.69, 9.17) is 4.74 Å². The van der Waals surface area contributed by atoms with Gasteiger partial charge in [-0.2, -0.15) is 17.0 Å².